The zero-order chi connectivity index (χ0) is 14.2. The van der Waals surface area contributed by atoms with Crippen molar-refractivity contribution in [2.45, 2.75) is 12.5 Å². The van der Waals surface area contributed by atoms with Crippen molar-refractivity contribution in [3.8, 4) is 0 Å². The zero-order valence-electron chi connectivity index (χ0n) is 11.8. The highest BCUT2D eigenvalue weighted by Gasteiger charge is 2.29. The van der Waals surface area contributed by atoms with Gasteiger partial charge >= 0.3 is 0 Å². The van der Waals surface area contributed by atoms with Crippen molar-refractivity contribution in [1.29, 1.82) is 0 Å². The van der Waals surface area contributed by atoms with Crippen molar-refractivity contribution in [3.05, 3.63) is 35.9 Å². The third kappa shape index (κ3) is 4.30. The Labute approximate surface area is 119 Å². The molecule has 0 N–H and O–H groups in total. The average Bonchev–Trinajstić information content (AvgIpc) is 2.93. The molecule has 1 aromatic carbocycles. The molecule has 0 aromatic heterocycles. The lowest BCUT2D eigenvalue weighted by Crippen LogP contribution is -2.40. The summed E-state index contributed by atoms with van der Waals surface area (Å²) in [5.74, 6) is -0.0282. The summed E-state index contributed by atoms with van der Waals surface area (Å²) in [7, 11) is 1.61. The molecule has 0 unspecified atom stereocenters. The molecule has 0 bridgehead atoms. The molecule has 1 saturated heterocycles. The first-order chi connectivity index (χ1) is 9.81. The summed E-state index contributed by atoms with van der Waals surface area (Å²) >= 11 is 0. The normalized spacial score (nSPS) is 18.4. The van der Waals surface area contributed by atoms with Gasteiger partial charge in [-0.05, 0) is 12.0 Å². The molecule has 0 spiro atoms. The van der Waals surface area contributed by atoms with Crippen LogP contribution < -0.4 is 0 Å². The Balaban J connectivity index is 1.82. The Kier molecular flexibility index (Phi) is 5.98. The van der Waals surface area contributed by atoms with E-state index >= 15 is 0 Å². The molecule has 1 heterocycles. The predicted molar refractivity (Wildman–Crippen MR) is 74.3 cm³/mol. The van der Waals surface area contributed by atoms with Crippen LogP contribution in [0.15, 0.2) is 30.3 Å². The molecule has 1 fully saturated rings. The SMILES string of the molecule is COCCOCC(=O)N1COC[C@@H]1Cc1ccccc1. The quantitative estimate of drug-likeness (QED) is 0.701. The van der Waals surface area contributed by atoms with Gasteiger partial charge < -0.3 is 19.1 Å². The maximum absolute atomic E-state index is 12.1. The topological polar surface area (TPSA) is 48.0 Å². The molecule has 0 saturated carbocycles. The lowest BCUT2D eigenvalue weighted by molar-refractivity contribution is -0.138. The van der Waals surface area contributed by atoms with Crippen molar-refractivity contribution in [1.82, 2.24) is 4.90 Å². The molecule has 110 valence electrons. The van der Waals surface area contributed by atoms with Crippen molar-refractivity contribution < 1.29 is 19.0 Å². The van der Waals surface area contributed by atoms with Crippen LogP contribution in [0, 0.1) is 0 Å². The van der Waals surface area contributed by atoms with E-state index in [1.54, 1.807) is 12.0 Å². The summed E-state index contributed by atoms with van der Waals surface area (Å²) in [4.78, 5) is 13.8. The molecule has 1 aliphatic heterocycles. The van der Waals surface area contributed by atoms with Crippen LogP contribution >= 0.6 is 0 Å². The first kappa shape index (κ1) is 15.0. The zero-order valence-corrected chi connectivity index (χ0v) is 11.8. The Hall–Kier alpha value is -1.43. The van der Waals surface area contributed by atoms with Crippen LogP contribution in [0.5, 0.6) is 0 Å². The molecule has 5 heteroatoms. The summed E-state index contributed by atoms with van der Waals surface area (Å²) in [5, 5.41) is 0. The first-order valence-electron chi connectivity index (χ1n) is 6.79. The van der Waals surface area contributed by atoms with Crippen LogP contribution in [-0.2, 0) is 25.4 Å². The largest absolute Gasteiger partial charge is 0.382 e. The number of hydrogen-bond donors (Lipinski definition) is 0. The molecule has 1 aliphatic rings. The number of rotatable bonds is 7. The monoisotopic (exact) mass is 279 g/mol. The van der Waals surface area contributed by atoms with Gasteiger partial charge in [0.15, 0.2) is 0 Å². The van der Waals surface area contributed by atoms with Crippen LogP contribution in [0.3, 0.4) is 0 Å². The van der Waals surface area contributed by atoms with Gasteiger partial charge in [-0.3, -0.25) is 4.79 Å². The van der Waals surface area contributed by atoms with Crippen LogP contribution in [0.4, 0.5) is 0 Å². The maximum atomic E-state index is 12.1. The van der Waals surface area contributed by atoms with E-state index in [1.165, 1.54) is 5.56 Å². The number of benzene rings is 1. The Morgan fingerprint density at radius 2 is 2.15 bits per heavy atom. The number of nitrogens with zero attached hydrogens (tertiary/aromatic N) is 1. The standard InChI is InChI=1S/C15H21NO4/c1-18-7-8-19-11-15(17)16-12-20-10-14(16)9-13-5-3-2-4-6-13/h2-6,14H,7-12H2,1H3/t14-/m0/s1. The average molecular weight is 279 g/mol. The lowest BCUT2D eigenvalue weighted by atomic mass is 10.1. The van der Waals surface area contributed by atoms with Crippen LogP contribution in [-0.4, -0.2) is 57.1 Å². The number of carbonyl (C=O) groups is 1. The number of methoxy groups -OCH3 is 1. The number of ether oxygens (including phenoxy) is 3. The molecule has 2 rings (SSSR count). The van der Waals surface area contributed by atoms with Gasteiger partial charge in [-0.25, -0.2) is 0 Å². The van der Waals surface area contributed by atoms with Gasteiger partial charge in [-0.15, -0.1) is 0 Å². The third-order valence-electron chi connectivity index (χ3n) is 3.27. The molecule has 1 amide bonds. The lowest BCUT2D eigenvalue weighted by Gasteiger charge is -2.22. The fourth-order valence-corrected chi connectivity index (χ4v) is 2.20. The summed E-state index contributed by atoms with van der Waals surface area (Å²) in [5.41, 5.74) is 1.21. The minimum Gasteiger partial charge on any atom is -0.382 e. The summed E-state index contributed by atoms with van der Waals surface area (Å²) in [6.07, 6.45) is 0.810. The number of amides is 1. The smallest absolute Gasteiger partial charge is 0.250 e. The van der Waals surface area contributed by atoms with Gasteiger partial charge in [0.2, 0.25) is 0 Å². The summed E-state index contributed by atoms with van der Waals surface area (Å²) < 4.78 is 15.6. The van der Waals surface area contributed by atoms with Crippen molar-refractivity contribution >= 4 is 5.91 Å². The van der Waals surface area contributed by atoms with E-state index in [2.05, 4.69) is 12.1 Å². The highest BCUT2D eigenvalue weighted by molar-refractivity contribution is 5.78. The van der Waals surface area contributed by atoms with Crippen molar-refractivity contribution in [2.24, 2.45) is 0 Å². The Bertz CT molecular complexity index is 410. The molecule has 5 nitrogen and oxygen atoms in total. The van der Waals surface area contributed by atoms with E-state index in [0.717, 1.165) is 6.42 Å². The minimum absolute atomic E-state index is 0.0282. The van der Waals surface area contributed by atoms with E-state index in [0.29, 0.717) is 26.6 Å². The molecule has 0 radical (unpaired) electrons. The maximum Gasteiger partial charge on any atom is 0.250 e. The van der Waals surface area contributed by atoms with E-state index < -0.39 is 0 Å². The van der Waals surface area contributed by atoms with Gasteiger partial charge in [0.1, 0.15) is 13.3 Å². The summed E-state index contributed by atoms with van der Waals surface area (Å²) in [6.45, 7) is 1.94. The van der Waals surface area contributed by atoms with Gasteiger partial charge in [-0.2, -0.15) is 0 Å². The Morgan fingerprint density at radius 3 is 2.90 bits per heavy atom. The van der Waals surface area contributed by atoms with Crippen LogP contribution in [0.25, 0.3) is 0 Å². The molecule has 0 aliphatic carbocycles. The fourth-order valence-electron chi connectivity index (χ4n) is 2.20. The second-order valence-corrected chi connectivity index (χ2v) is 4.75. The van der Waals surface area contributed by atoms with Crippen LogP contribution in [0.2, 0.25) is 0 Å². The predicted octanol–water partition coefficient (Wildman–Crippen LogP) is 1.08. The Morgan fingerprint density at radius 1 is 1.35 bits per heavy atom. The summed E-state index contributed by atoms with van der Waals surface area (Å²) in [6, 6.07) is 10.2. The van der Waals surface area contributed by atoms with Crippen LogP contribution in [0.1, 0.15) is 5.56 Å². The number of hydrogen-bond acceptors (Lipinski definition) is 4. The molecular weight excluding hydrogens is 258 g/mol. The van der Waals surface area contributed by atoms with E-state index in [4.69, 9.17) is 14.2 Å². The number of carbonyl (C=O) groups excluding carboxylic acids is 1. The molecular formula is C15H21NO4. The van der Waals surface area contributed by atoms with Gasteiger partial charge in [-0.1, -0.05) is 30.3 Å². The van der Waals surface area contributed by atoms with Gasteiger partial charge in [0.05, 0.1) is 25.9 Å². The van der Waals surface area contributed by atoms with Crippen molar-refractivity contribution in [2.75, 3.05) is 40.3 Å². The fraction of sp³-hybridized carbons (Fsp3) is 0.533. The second-order valence-electron chi connectivity index (χ2n) is 4.75. The van der Waals surface area contributed by atoms with E-state index in [9.17, 15) is 4.79 Å². The highest BCUT2D eigenvalue weighted by atomic mass is 16.5. The van der Waals surface area contributed by atoms with E-state index in [-0.39, 0.29) is 18.6 Å². The second kappa shape index (κ2) is 7.99. The minimum atomic E-state index is -0.0282. The third-order valence-corrected chi connectivity index (χ3v) is 3.27. The van der Waals surface area contributed by atoms with Crippen molar-refractivity contribution in [3.63, 3.8) is 0 Å². The first-order valence-corrected chi connectivity index (χ1v) is 6.79. The highest BCUT2D eigenvalue weighted by Crippen LogP contribution is 2.15. The molecule has 1 aromatic rings. The molecule has 20 heavy (non-hydrogen) atoms. The molecule has 1 atom stereocenters. The van der Waals surface area contributed by atoms with E-state index in [1.807, 2.05) is 18.2 Å². The van der Waals surface area contributed by atoms with Gasteiger partial charge in [0, 0.05) is 7.11 Å². The van der Waals surface area contributed by atoms with Gasteiger partial charge in [0.25, 0.3) is 5.91 Å².